The van der Waals surface area contributed by atoms with Crippen LogP contribution in [-0.4, -0.2) is 11.1 Å². The van der Waals surface area contributed by atoms with E-state index in [1.165, 1.54) is 66.9 Å². The van der Waals surface area contributed by atoms with Gasteiger partial charge < -0.3 is 5.11 Å². The van der Waals surface area contributed by atoms with Gasteiger partial charge in [-0.25, -0.2) is 4.79 Å². The summed E-state index contributed by atoms with van der Waals surface area (Å²) in [5, 5.41) is 9.40. The van der Waals surface area contributed by atoms with Gasteiger partial charge in [0.1, 0.15) is 0 Å². The van der Waals surface area contributed by atoms with E-state index in [1.807, 2.05) is 0 Å². The lowest BCUT2D eigenvalue weighted by Gasteiger charge is -2.41. The van der Waals surface area contributed by atoms with Crippen LogP contribution in [-0.2, 0) is 4.79 Å². The molecule has 3 aliphatic rings. The lowest BCUT2D eigenvalue weighted by molar-refractivity contribution is -0.131. The zero-order chi connectivity index (χ0) is 22.1. The van der Waals surface area contributed by atoms with Gasteiger partial charge in [0.05, 0.1) is 0 Å². The Bertz CT molecular complexity index is 855. The number of carboxylic acid groups (broad SMARTS) is 1. The highest BCUT2D eigenvalue weighted by atomic mass is 16.4. The largest absolute Gasteiger partial charge is 0.478 e. The van der Waals surface area contributed by atoms with Crippen LogP contribution in [0, 0.1) is 16.7 Å². The number of rotatable bonds is 4. The predicted octanol–water partition coefficient (Wildman–Crippen LogP) is 7.94. The molecule has 3 aliphatic carbocycles. The van der Waals surface area contributed by atoms with Crippen LogP contribution in [0.5, 0.6) is 0 Å². The highest BCUT2D eigenvalue weighted by Gasteiger charge is 2.35. The van der Waals surface area contributed by atoms with Crippen molar-refractivity contribution in [1.82, 2.24) is 0 Å². The maximum absolute atomic E-state index is 11.4. The first-order valence-electron chi connectivity index (χ1n) is 11.7. The number of carbonyl (C=O) groups is 1. The fraction of sp³-hybridized carbons (Fsp3) is 0.607. The topological polar surface area (TPSA) is 37.3 Å². The number of hydrogen-bond donors (Lipinski definition) is 1. The Labute approximate surface area is 183 Å². The quantitative estimate of drug-likeness (QED) is 0.378. The predicted molar refractivity (Wildman–Crippen MR) is 126 cm³/mol. The van der Waals surface area contributed by atoms with E-state index >= 15 is 0 Å². The van der Waals surface area contributed by atoms with Crippen LogP contribution in [0.2, 0.25) is 0 Å². The highest BCUT2D eigenvalue weighted by molar-refractivity contribution is 5.81. The minimum Gasteiger partial charge on any atom is -0.478 e. The average Bonchev–Trinajstić information content (AvgIpc) is 2.59. The van der Waals surface area contributed by atoms with Crippen molar-refractivity contribution in [3.05, 3.63) is 57.7 Å². The summed E-state index contributed by atoms with van der Waals surface area (Å²) in [4.78, 5) is 11.4. The second-order valence-electron chi connectivity index (χ2n) is 11.1. The molecule has 0 amide bonds. The van der Waals surface area contributed by atoms with Crippen LogP contribution >= 0.6 is 0 Å². The Hall–Kier alpha value is -1.83. The molecule has 2 nitrogen and oxygen atoms in total. The summed E-state index contributed by atoms with van der Waals surface area (Å²) in [6.45, 7) is 14.0. The third-order valence-corrected chi connectivity index (χ3v) is 7.60. The molecule has 0 spiro atoms. The molecule has 1 N–H and O–H groups in total. The molecule has 0 saturated heterocycles. The van der Waals surface area contributed by atoms with Gasteiger partial charge in [-0.2, -0.15) is 0 Å². The van der Waals surface area contributed by atoms with Crippen molar-refractivity contribution in [2.45, 2.75) is 92.9 Å². The Morgan fingerprint density at radius 3 is 2.20 bits per heavy atom. The average molecular weight is 409 g/mol. The van der Waals surface area contributed by atoms with Gasteiger partial charge in [-0.1, -0.05) is 62.6 Å². The second-order valence-corrected chi connectivity index (χ2v) is 11.1. The lowest BCUT2D eigenvalue weighted by atomic mass is 9.64. The van der Waals surface area contributed by atoms with Crippen molar-refractivity contribution < 1.29 is 9.90 Å². The smallest absolute Gasteiger partial charge is 0.328 e. The lowest BCUT2D eigenvalue weighted by Crippen LogP contribution is -2.27. The zero-order valence-corrected chi connectivity index (χ0v) is 19.9. The van der Waals surface area contributed by atoms with E-state index in [2.05, 4.69) is 59.8 Å². The Morgan fingerprint density at radius 1 is 0.967 bits per heavy atom. The summed E-state index contributed by atoms with van der Waals surface area (Å²) in [6.07, 6.45) is 17.4. The molecular formula is C28H40O2. The van der Waals surface area contributed by atoms with Crippen molar-refractivity contribution in [3.63, 3.8) is 0 Å². The van der Waals surface area contributed by atoms with Crippen molar-refractivity contribution >= 4 is 5.97 Å². The first kappa shape index (κ1) is 22.8. The maximum atomic E-state index is 11.4. The molecule has 0 saturated carbocycles. The Balaban J connectivity index is 1.96. The fourth-order valence-corrected chi connectivity index (χ4v) is 6.32. The van der Waals surface area contributed by atoms with E-state index in [4.69, 9.17) is 0 Å². The summed E-state index contributed by atoms with van der Waals surface area (Å²) >= 11 is 0. The zero-order valence-electron chi connectivity index (χ0n) is 19.9. The molecular weight excluding hydrogens is 368 g/mol. The van der Waals surface area contributed by atoms with Gasteiger partial charge in [0.25, 0.3) is 0 Å². The van der Waals surface area contributed by atoms with Crippen LogP contribution < -0.4 is 0 Å². The highest BCUT2D eigenvalue weighted by Crippen LogP contribution is 2.49. The second kappa shape index (κ2) is 8.73. The molecule has 0 heterocycles. The Kier molecular flexibility index (Phi) is 6.65. The van der Waals surface area contributed by atoms with E-state index in [0.29, 0.717) is 5.92 Å². The minimum atomic E-state index is -0.842. The van der Waals surface area contributed by atoms with Crippen molar-refractivity contribution in [3.8, 4) is 0 Å². The summed E-state index contributed by atoms with van der Waals surface area (Å²) in [7, 11) is 0. The van der Waals surface area contributed by atoms with Crippen molar-refractivity contribution in [2.24, 2.45) is 16.7 Å². The summed E-state index contributed by atoms with van der Waals surface area (Å²) in [6, 6.07) is 0. The van der Waals surface area contributed by atoms with Gasteiger partial charge in [0, 0.05) is 6.08 Å². The van der Waals surface area contributed by atoms with Gasteiger partial charge >= 0.3 is 5.97 Å². The van der Waals surface area contributed by atoms with Crippen LogP contribution in [0.15, 0.2) is 57.7 Å². The van der Waals surface area contributed by atoms with E-state index < -0.39 is 5.97 Å². The van der Waals surface area contributed by atoms with Crippen LogP contribution in [0.25, 0.3) is 0 Å². The molecule has 164 valence electrons. The SMILES string of the molecule is CC1=C(/C=C\C2=CC(=C/C(=O)O)/C[C@H](C3=C(C)CCCC3(C)C)C2)C(C)(C)CCC1. The molecule has 0 aromatic carbocycles. The molecule has 2 heteroatoms. The number of allylic oxidation sites excluding steroid dienone is 9. The molecule has 1 atom stereocenters. The van der Waals surface area contributed by atoms with Crippen LogP contribution in [0.3, 0.4) is 0 Å². The molecule has 0 fully saturated rings. The molecule has 3 rings (SSSR count). The van der Waals surface area contributed by atoms with Gasteiger partial charge in [-0.15, -0.1) is 0 Å². The standard InChI is InChI=1S/C28H40O2/c1-19-9-7-13-27(3,4)24(19)12-11-21-15-22(18-25(29)30)17-23(16-21)26-20(2)10-8-14-28(26,5)6/h11-12,15,18,23H,7-10,13-14,16-17H2,1-6H3,(H,29,30)/b12-11-,22-18-/t23-/m1/s1. The molecule has 0 bridgehead atoms. The van der Waals surface area contributed by atoms with Crippen LogP contribution in [0.4, 0.5) is 0 Å². The van der Waals surface area contributed by atoms with Gasteiger partial charge in [-0.3, -0.25) is 0 Å². The summed E-state index contributed by atoms with van der Waals surface area (Å²) < 4.78 is 0. The van der Waals surface area contributed by atoms with Gasteiger partial charge in [0.2, 0.25) is 0 Å². The third-order valence-electron chi connectivity index (χ3n) is 7.60. The maximum Gasteiger partial charge on any atom is 0.328 e. The summed E-state index contributed by atoms with van der Waals surface area (Å²) in [5.41, 5.74) is 8.73. The van der Waals surface area contributed by atoms with Gasteiger partial charge in [-0.05, 0) is 98.7 Å². The molecule has 0 unspecified atom stereocenters. The van der Waals surface area contributed by atoms with Crippen molar-refractivity contribution in [1.29, 1.82) is 0 Å². The number of hydrogen-bond acceptors (Lipinski definition) is 1. The molecule has 30 heavy (non-hydrogen) atoms. The molecule has 0 aliphatic heterocycles. The molecule has 0 aromatic heterocycles. The number of carboxylic acids is 1. The van der Waals surface area contributed by atoms with E-state index in [-0.39, 0.29) is 10.8 Å². The monoisotopic (exact) mass is 408 g/mol. The first-order chi connectivity index (χ1) is 14.0. The minimum absolute atomic E-state index is 0.206. The normalized spacial score (nSPS) is 28.3. The first-order valence-corrected chi connectivity index (χ1v) is 11.7. The summed E-state index contributed by atoms with van der Waals surface area (Å²) in [5.74, 6) is -0.434. The number of aliphatic carboxylic acids is 1. The van der Waals surface area contributed by atoms with Crippen molar-refractivity contribution in [2.75, 3.05) is 0 Å². The fourth-order valence-electron chi connectivity index (χ4n) is 6.32. The van der Waals surface area contributed by atoms with E-state index in [0.717, 1.165) is 18.4 Å². The Morgan fingerprint density at radius 2 is 1.60 bits per heavy atom. The van der Waals surface area contributed by atoms with E-state index in [1.54, 1.807) is 5.57 Å². The van der Waals surface area contributed by atoms with E-state index in [9.17, 15) is 9.90 Å². The van der Waals surface area contributed by atoms with Crippen LogP contribution in [0.1, 0.15) is 92.9 Å². The van der Waals surface area contributed by atoms with Gasteiger partial charge in [0.15, 0.2) is 0 Å². The molecule has 0 aromatic rings. The third kappa shape index (κ3) is 5.07. The molecule has 0 radical (unpaired) electrons.